The maximum atomic E-state index is 5.54. The lowest BCUT2D eigenvalue weighted by Gasteiger charge is -2.17. The fourth-order valence-corrected chi connectivity index (χ4v) is 1.67. The summed E-state index contributed by atoms with van der Waals surface area (Å²) >= 11 is 0. The SMILES string of the molecule is CNC(C1=CCCO1)c1ccncc1. The molecule has 14 heavy (non-hydrogen) atoms. The molecule has 1 aliphatic heterocycles. The first-order valence-electron chi connectivity index (χ1n) is 4.82. The lowest BCUT2D eigenvalue weighted by atomic mass is 10.1. The summed E-state index contributed by atoms with van der Waals surface area (Å²) in [4.78, 5) is 4.00. The number of nitrogens with one attached hydrogen (secondary N) is 1. The predicted molar refractivity (Wildman–Crippen MR) is 54.7 cm³/mol. The second-order valence-electron chi connectivity index (χ2n) is 3.25. The molecule has 0 bridgehead atoms. The molecule has 1 atom stereocenters. The van der Waals surface area contributed by atoms with Crippen molar-refractivity contribution in [3.05, 3.63) is 41.9 Å². The van der Waals surface area contributed by atoms with Crippen molar-refractivity contribution in [3.8, 4) is 0 Å². The third-order valence-electron chi connectivity index (χ3n) is 2.34. The van der Waals surface area contributed by atoms with Gasteiger partial charge in [0.2, 0.25) is 0 Å². The van der Waals surface area contributed by atoms with Gasteiger partial charge < -0.3 is 10.1 Å². The van der Waals surface area contributed by atoms with Crippen LogP contribution in [-0.4, -0.2) is 18.6 Å². The summed E-state index contributed by atoms with van der Waals surface area (Å²) < 4.78 is 5.54. The normalized spacial score (nSPS) is 17.4. The minimum Gasteiger partial charge on any atom is -0.496 e. The van der Waals surface area contributed by atoms with E-state index in [2.05, 4.69) is 16.4 Å². The van der Waals surface area contributed by atoms with Crippen LogP contribution < -0.4 is 5.32 Å². The second kappa shape index (κ2) is 4.24. The van der Waals surface area contributed by atoms with Crippen LogP contribution in [0.15, 0.2) is 36.4 Å². The van der Waals surface area contributed by atoms with Crippen molar-refractivity contribution in [2.75, 3.05) is 13.7 Å². The van der Waals surface area contributed by atoms with E-state index in [-0.39, 0.29) is 6.04 Å². The molecular weight excluding hydrogens is 176 g/mol. The number of nitrogens with zero attached hydrogens (tertiary/aromatic N) is 1. The lowest BCUT2D eigenvalue weighted by Crippen LogP contribution is -2.18. The van der Waals surface area contributed by atoms with Crippen molar-refractivity contribution in [3.63, 3.8) is 0 Å². The molecular formula is C11H14N2O. The zero-order chi connectivity index (χ0) is 9.80. The molecule has 1 unspecified atom stereocenters. The fraction of sp³-hybridized carbons (Fsp3) is 0.364. The number of aromatic nitrogens is 1. The van der Waals surface area contributed by atoms with Crippen LogP contribution in [0.25, 0.3) is 0 Å². The molecule has 2 rings (SSSR count). The quantitative estimate of drug-likeness (QED) is 0.786. The molecule has 0 amide bonds. The Kier molecular flexibility index (Phi) is 2.79. The van der Waals surface area contributed by atoms with Gasteiger partial charge in [-0.05, 0) is 30.8 Å². The Morgan fingerprint density at radius 2 is 2.21 bits per heavy atom. The van der Waals surface area contributed by atoms with Gasteiger partial charge >= 0.3 is 0 Å². The zero-order valence-corrected chi connectivity index (χ0v) is 8.23. The highest BCUT2D eigenvalue weighted by molar-refractivity contribution is 5.24. The summed E-state index contributed by atoms with van der Waals surface area (Å²) in [5, 5.41) is 3.24. The Bertz CT molecular complexity index is 321. The number of rotatable bonds is 3. The standard InChI is InChI=1S/C11H14N2O/c1-12-11(10-3-2-8-14-10)9-4-6-13-7-5-9/h3-7,11-12H,2,8H2,1H3. The molecule has 2 heterocycles. The van der Waals surface area contributed by atoms with Crippen molar-refractivity contribution >= 4 is 0 Å². The maximum absolute atomic E-state index is 5.54. The van der Waals surface area contributed by atoms with Gasteiger partial charge in [-0.3, -0.25) is 4.98 Å². The van der Waals surface area contributed by atoms with Crippen molar-refractivity contribution in [2.45, 2.75) is 12.5 Å². The van der Waals surface area contributed by atoms with Crippen molar-refractivity contribution in [1.29, 1.82) is 0 Å². The fourth-order valence-electron chi connectivity index (χ4n) is 1.67. The van der Waals surface area contributed by atoms with Gasteiger partial charge in [0.05, 0.1) is 12.6 Å². The van der Waals surface area contributed by atoms with E-state index >= 15 is 0 Å². The molecule has 0 fully saturated rings. The van der Waals surface area contributed by atoms with Crippen LogP contribution in [0.4, 0.5) is 0 Å². The van der Waals surface area contributed by atoms with E-state index in [1.54, 1.807) is 12.4 Å². The summed E-state index contributed by atoms with van der Waals surface area (Å²) in [6.45, 7) is 0.804. The largest absolute Gasteiger partial charge is 0.496 e. The van der Waals surface area contributed by atoms with E-state index in [1.165, 1.54) is 5.56 Å². The molecule has 0 aromatic carbocycles. The summed E-state index contributed by atoms with van der Waals surface area (Å²) in [5.74, 6) is 1.03. The average molecular weight is 190 g/mol. The molecule has 0 aliphatic carbocycles. The van der Waals surface area contributed by atoms with Crippen LogP contribution in [0, 0.1) is 0 Å². The Hall–Kier alpha value is -1.35. The zero-order valence-electron chi connectivity index (χ0n) is 8.23. The second-order valence-corrected chi connectivity index (χ2v) is 3.25. The molecule has 0 saturated heterocycles. The minimum atomic E-state index is 0.167. The average Bonchev–Trinajstić information content (AvgIpc) is 2.74. The number of hydrogen-bond donors (Lipinski definition) is 1. The van der Waals surface area contributed by atoms with Gasteiger partial charge in [0.25, 0.3) is 0 Å². The number of pyridine rings is 1. The highest BCUT2D eigenvalue weighted by Crippen LogP contribution is 2.25. The molecule has 1 aromatic rings. The number of likely N-dealkylation sites (N-methyl/N-ethyl adjacent to an activating group) is 1. The lowest BCUT2D eigenvalue weighted by molar-refractivity contribution is 0.218. The van der Waals surface area contributed by atoms with Gasteiger partial charge in [0, 0.05) is 18.8 Å². The molecule has 0 radical (unpaired) electrons. The molecule has 1 aliphatic rings. The topological polar surface area (TPSA) is 34.1 Å². The van der Waals surface area contributed by atoms with E-state index < -0.39 is 0 Å². The van der Waals surface area contributed by atoms with Gasteiger partial charge in [-0.25, -0.2) is 0 Å². The van der Waals surface area contributed by atoms with Crippen LogP contribution in [0.2, 0.25) is 0 Å². The Balaban J connectivity index is 2.21. The van der Waals surface area contributed by atoms with E-state index in [9.17, 15) is 0 Å². The van der Waals surface area contributed by atoms with Crippen LogP contribution in [-0.2, 0) is 4.74 Å². The molecule has 74 valence electrons. The first-order valence-corrected chi connectivity index (χ1v) is 4.82. The number of hydrogen-bond acceptors (Lipinski definition) is 3. The van der Waals surface area contributed by atoms with Crippen molar-refractivity contribution < 1.29 is 4.74 Å². The smallest absolute Gasteiger partial charge is 0.114 e. The molecule has 3 heteroatoms. The molecule has 3 nitrogen and oxygen atoms in total. The predicted octanol–water partition coefficient (Wildman–Crippen LogP) is 1.65. The highest BCUT2D eigenvalue weighted by Gasteiger charge is 2.18. The third-order valence-corrected chi connectivity index (χ3v) is 2.34. The van der Waals surface area contributed by atoms with Crippen LogP contribution in [0.1, 0.15) is 18.0 Å². The van der Waals surface area contributed by atoms with Gasteiger partial charge in [0.1, 0.15) is 5.76 Å². The summed E-state index contributed by atoms with van der Waals surface area (Å²) in [5.41, 5.74) is 1.19. The van der Waals surface area contributed by atoms with Crippen molar-refractivity contribution in [2.24, 2.45) is 0 Å². The van der Waals surface area contributed by atoms with Crippen LogP contribution >= 0.6 is 0 Å². The van der Waals surface area contributed by atoms with E-state index in [4.69, 9.17) is 4.74 Å². The van der Waals surface area contributed by atoms with Gasteiger partial charge in [-0.15, -0.1) is 0 Å². The summed E-state index contributed by atoms with van der Waals surface area (Å²) in [6, 6.07) is 4.17. The van der Waals surface area contributed by atoms with Gasteiger partial charge in [0.15, 0.2) is 0 Å². The third kappa shape index (κ3) is 1.77. The highest BCUT2D eigenvalue weighted by atomic mass is 16.5. The van der Waals surface area contributed by atoms with Gasteiger partial charge in [-0.1, -0.05) is 0 Å². The summed E-state index contributed by atoms with van der Waals surface area (Å²) in [7, 11) is 1.94. The molecule has 0 spiro atoms. The Morgan fingerprint density at radius 1 is 1.43 bits per heavy atom. The summed E-state index contributed by atoms with van der Waals surface area (Å²) in [6.07, 6.45) is 6.75. The van der Waals surface area contributed by atoms with E-state index in [0.717, 1.165) is 18.8 Å². The van der Waals surface area contributed by atoms with Crippen LogP contribution in [0.5, 0.6) is 0 Å². The maximum Gasteiger partial charge on any atom is 0.114 e. The Labute approximate surface area is 83.8 Å². The molecule has 0 saturated carbocycles. The Morgan fingerprint density at radius 3 is 2.79 bits per heavy atom. The first-order chi connectivity index (χ1) is 6.92. The number of ether oxygens (including phenoxy) is 1. The molecule has 1 N–H and O–H groups in total. The minimum absolute atomic E-state index is 0.167. The van der Waals surface area contributed by atoms with E-state index in [0.29, 0.717) is 0 Å². The molecule has 1 aromatic heterocycles. The van der Waals surface area contributed by atoms with Gasteiger partial charge in [-0.2, -0.15) is 0 Å². The van der Waals surface area contributed by atoms with Crippen LogP contribution in [0.3, 0.4) is 0 Å². The van der Waals surface area contributed by atoms with Crippen molar-refractivity contribution in [1.82, 2.24) is 10.3 Å². The monoisotopic (exact) mass is 190 g/mol. The van der Waals surface area contributed by atoms with E-state index in [1.807, 2.05) is 19.2 Å². The first kappa shape index (κ1) is 9.21.